The second-order valence-corrected chi connectivity index (χ2v) is 7.88. The molecule has 0 aliphatic heterocycles. The molecule has 3 aromatic heterocycles. The number of aryl methyl sites for hydroxylation is 1. The van der Waals surface area contributed by atoms with E-state index in [1.165, 1.54) is 0 Å². The zero-order chi connectivity index (χ0) is 18.3. The number of nitrogens with zero attached hydrogens (tertiary/aromatic N) is 4. The zero-order valence-electron chi connectivity index (χ0n) is 15.1. The summed E-state index contributed by atoms with van der Waals surface area (Å²) in [5, 5.41) is 9.46. The maximum atomic E-state index is 12.6. The average Bonchev–Trinajstić information content (AvgIpc) is 3.11. The smallest absolute Gasteiger partial charge is 0.254 e. The first kappa shape index (κ1) is 16.9. The summed E-state index contributed by atoms with van der Waals surface area (Å²) in [5.41, 5.74) is 3.48. The van der Waals surface area contributed by atoms with Gasteiger partial charge in [0.2, 0.25) is 0 Å². The fourth-order valence-corrected chi connectivity index (χ4v) is 3.76. The number of carbonyl (C=O) groups is 1. The fourth-order valence-electron chi connectivity index (χ4n) is 2.98. The van der Waals surface area contributed by atoms with Gasteiger partial charge in [0.15, 0.2) is 0 Å². The number of aromatic nitrogens is 4. The van der Waals surface area contributed by atoms with Crippen LogP contribution in [0.1, 0.15) is 54.2 Å². The van der Waals surface area contributed by atoms with E-state index in [1.807, 2.05) is 38.4 Å². The van der Waals surface area contributed by atoms with Crippen LogP contribution >= 0.6 is 11.3 Å². The predicted octanol–water partition coefficient (Wildman–Crippen LogP) is 3.71. The first-order valence-electron chi connectivity index (χ1n) is 8.81. The van der Waals surface area contributed by atoms with Crippen LogP contribution in [0.25, 0.3) is 16.5 Å². The second-order valence-electron chi connectivity index (χ2n) is 6.94. The summed E-state index contributed by atoms with van der Waals surface area (Å²) in [6, 6.07) is 4.15. The number of nitrogens with one attached hydrogen (secondary N) is 1. The van der Waals surface area contributed by atoms with Crippen molar-refractivity contribution in [1.29, 1.82) is 0 Å². The Hall–Kier alpha value is -2.54. The van der Waals surface area contributed by atoms with Crippen molar-refractivity contribution in [2.75, 3.05) is 0 Å². The molecule has 0 aromatic carbocycles. The van der Waals surface area contributed by atoms with Gasteiger partial charge in [-0.05, 0) is 50.6 Å². The monoisotopic (exact) mass is 367 g/mol. The molecule has 1 aliphatic rings. The van der Waals surface area contributed by atoms with Crippen LogP contribution in [0.3, 0.4) is 0 Å². The van der Waals surface area contributed by atoms with Crippen LogP contribution in [0.4, 0.5) is 0 Å². The molecule has 0 saturated heterocycles. The molecule has 3 heterocycles. The summed E-state index contributed by atoms with van der Waals surface area (Å²) < 4.78 is 1.74. The molecule has 1 saturated carbocycles. The molecule has 0 spiro atoms. The van der Waals surface area contributed by atoms with Crippen molar-refractivity contribution in [3.63, 3.8) is 0 Å². The molecule has 134 valence electrons. The molecule has 1 fully saturated rings. The topological polar surface area (TPSA) is 72.7 Å². The molecular weight excluding hydrogens is 346 g/mol. The Morgan fingerprint density at radius 1 is 1.35 bits per heavy atom. The first-order chi connectivity index (χ1) is 12.5. The van der Waals surface area contributed by atoms with Crippen LogP contribution in [-0.4, -0.2) is 31.7 Å². The number of rotatable bonds is 5. The standard InChI is InChI=1S/C19H21N5OS/c1-11(2)22-18(25)14-10-21-24(17(14)13-6-7-13)19-20-9-12(3)16(23-19)15-5-4-8-26-15/h4-5,8-11,13H,6-7H2,1-3H3,(H,22,25). The molecule has 7 heteroatoms. The number of amides is 1. The van der Waals surface area contributed by atoms with Gasteiger partial charge in [-0.1, -0.05) is 6.07 Å². The molecule has 3 aromatic rings. The van der Waals surface area contributed by atoms with E-state index in [4.69, 9.17) is 4.98 Å². The van der Waals surface area contributed by atoms with Crippen LogP contribution in [-0.2, 0) is 0 Å². The second kappa shape index (κ2) is 6.64. The highest BCUT2D eigenvalue weighted by atomic mass is 32.1. The van der Waals surface area contributed by atoms with Gasteiger partial charge in [0.25, 0.3) is 11.9 Å². The molecule has 0 radical (unpaired) electrons. The lowest BCUT2D eigenvalue weighted by Crippen LogP contribution is -2.30. The molecule has 0 atom stereocenters. The highest BCUT2D eigenvalue weighted by Gasteiger charge is 2.33. The van der Waals surface area contributed by atoms with Gasteiger partial charge in [0.1, 0.15) is 0 Å². The van der Waals surface area contributed by atoms with Crippen molar-refractivity contribution >= 4 is 17.2 Å². The third kappa shape index (κ3) is 3.14. The minimum absolute atomic E-state index is 0.0824. The van der Waals surface area contributed by atoms with Gasteiger partial charge >= 0.3 is 0 Å². The number of hydrogen-bond donors (Lipinski definition) is 1. The van der Waals surface area contributed by atoms with Crippen LogP contribution in [0.5, 0.6) is 0 Å². The quantitative estimate of drug-likeness (QED) is 0.746. The molecule has 0 bridgehead atoms. The van der Waals surface area contributed by atoms with Crippen molar-refractivity contribution in [3.05, 3.63) is 46.7 Å². The summed E-state index contributed by atoms with van der Waals surface area (Å²) in [6.07, 6.45) is 5.59. The third-order valence-corrected chi connectivity index (χ3v) is 5.21. The Labute approximate surface area is 156 Å². The van der Waals surface area contributed by atoms with Gasteiger partial charge in [-0.3, -0.25) is 4.79 Å². The normalized spacial score (nSPS) is 14.0. The van der Waals surface area contributed by atoms with Gasteiger partial charge in [-0.25, -0.2) is 14.6 Å². The van der Waals surface area contributed by atoms with Gasteiger partial charge in [0, 0.05) is 18.2 Å². The Kier molecular flexibility index (Phi) is 4.32. The minimum atomic E-state index is -0.0845. The van der Waals surface area contributed by atoms with E-state index in [0.717, 1.165) is 34.7 Å². The van der Waals surface area contributed by atoms with E-state index in [2.05, 4.69) is 21.5 Å². The summed E-state index contributed by atoms with van der Waals surface area (Å²) in [5.74, 6) is 0.781. The van der Waals surface area contributed by atoms with E-state index in [0.29, 0.717) is 17.4 Å². The van der Waals surface area contributed by atoms with Crippen molar-refractivity contribution in [2.24, 2.45) is 0 Å². The maximum Gasteiger partial charge on any atom is 0.254 e. The molecule has 1 N–H and O–H groups in total. The van der Waals surface area contributed by atoms with Crippen LogP contribution in [0, 0.1) is 6.92 Å². The minimum Gasteiger partial charge on any atom is -0.350 e. The molecule has 1 aliphatic carbocycles. The summed E-state index contributed by atoms with van der Waals surface area (Å²) in [6.45, 7) is 5.91. The van der Waals surface area contributed by atoms with Crippen LogP contribution in [0.2, 0.25) is 0 Å². The maximum absolute atomic E-state index is 12.6. The lowest BCUT2D eigenvalue weighted by molar-refractivity contribution is 0.0942. The molecule has 26 heavy (non-hydrogen) atoms. The van der Waals surface area contributed by atoms with E-state index in [-0.39, 0.29) is 11.9 Å². The first-order valence-corrected chi connectivity index (χ1v) is 9.69. The van der Waals surface area contributed by atoms with Crippen LogP contribution < -0.4 is 5.32 Å². The molecular formula is C19H21N5OS. The van der Waals surface area contributed by atoms with Crippen molar-refractivity contribution in [2.45, 2.75) is 45.6 Å². The van der Waals surface area contributed by atoms with E-state index in [9.17, 15) is 4.79 Å². The Morgan fingerprint density at radius 2 is 2.15 bits per heavy atom. The summed E-state index contributed by atoms with van der Waals surface area (Å²) in [4.78, 5) is 22.9. The average molecular weight is 367 g/mol. The Bertz CT molecular complexity index is 941. The molecule has 4 rings (SSSR count). The van der Waals surface area contributed by atoms with Crippen molar-refractivity contribution in [1.82, 2.24) is 25.1 Å². The highest BCUT2D eigenvalue weighted by Crippen LogP contribution is 2.42. The molecule has 0 unspecified atom stereocenters. The number of thiophene rings is 1. The van der Waals surface area contributed by atoms with E-state index in [1.54, 1.807) is 22.2 Å². The molecule has 6 nitrogen and oxygen atoms in total. The van der Waals surface area contributed by atoms with Gasteiger partial charge in [-0.15, -0.1) is 11.3 Å². The van der Waals surface area contributed by atoms with Gasteiger partial charge in [-0.2, -0.15) is 5.10 Å². The van der Waals surface area contributed by atoms with Crippen molar-refractivity contribution < 1.29 is 4.79 Å². The molecule has 1 amide bonds. The van der Waals surface area contributed by atoms with E-state index >= 15 is 0 Å². The zero-order valence-corrected chi connectivity index (χ0v) is 15.9. The van der Waals surface area contributed by atoms with Gasteiger partial charge < -0.3 is 5.32 Å². The number of carbonyl (C=O) groups excluding carboxylic acids is 1. The van der Waals surface area contributed by atoms with Crippen molar-refractivity contribution in [3.8, 4) is 16.5 Å². The third-order valence-electron chi connectivity index (χ3n) is 4.34. The Morgan fingerprint density at radius 3 is 2.81 bits per heavy atom. The highest BCUT2D eigenvalue weighted by molar-refractivity contribution is 7.13. The summed E-state index contributed by atoms with van der Waals surface area (Å²) in [7, 11) is 0. The van der Waals surface area contributed by atoms with Crippen LogP contribution in [0.15, 0.2) is 29.9 Å². The lowest BCUT2D eigenvalue weighted by Gasteiger charge is -2.11. The summed E-state index contributed by atoms with van der Waals surface area (Å²) >= 11 is 1.65. The largest absolute Gasteiger partial charge is 0.350 e. The van der Waals surface area contributed by atoms with Gasteiger partial charge in [0.05, 0.1) is 28.0 Å². The Balaban J connectivity index is 1.78. The number of hydrogen-bond acceptors (Lipinski definition) is 5. The lowest BCUT2D eigenvalue weighted by atomic mass is 10.1. The fraction of sp³-hybridized carbons (Fsp3) is 0.368. The predicted molar refractivity (Wildman–Crippen MR) is 102 cm³/mol. The van der Waals surface area contributed by atoms with E-state index < -0.39 is 0 Å². The SMILES string of the molecule is Cc1cnc(-n2ncc(C(=O)NC(C)C)c2C2CC2)nc1-c1cccs1.